The maximum atomic E-state index is 13.4. The van der Waals surface area contributed by atoms with Crippen LogP contribution in [0.4, 0.5) is 4.39 Å². The van der Waals surface area contributed by atoms with Crippen molar-refractivity contribution in [1.82, 2.24) is 4.57 Å². The first-order chi connectivity index (χ1) is 10.1. The first kappa shape index (κ1) is 13.9. The fourth-order valence-corrected chi connectivity index (χ4v) is 2.77. The van der Waals surface area contributed by atoms with Crippen molar-refractivity contribution >= 4 is 35.4 Å². The smallest absolute Gasteiger partial charge is 0.274 e. The molecular formula is C15H10FNO2S2. The van der Waals surface area contributed by atoms with Crippen LogP contribution in [0.2, 0.25) is 0 Å². The van der Waals surface area contributed by atoms with E-state index < -0.39 is 0 Å². The van der Waals surface area contributed by atoms with E-state index in [9.17, 15) is 4.39 Å². The zero-order valence-corrected chi connectivity index (χ0v) is 12.6. The van der Waals surface area contributed by atoms with E-state index in [-0.39, 0.29) is 10.7 Å². The summed E-state index contributed by atoms with van der Waals surface area (Å²) in [5.74, 6) is 0.293. The van der Waals surface area contributed by atoms with Crippen LogP contribution >= 0.6 is 24.4 Å². The van der Waals surface area contributed by atoms with Crippen molar-refractivity contribution in [2.45, 2.75) is 0 Å². The summed E-state index contributed by atoms with van der Waals surface area (Å²) in [5, 5.41) is 0.683. The van der Waals surface area contributed by atoms with Crippen molar-refractivity contribution in [1.29, 1.82) is 0 Å². The summed E-state index contributed by atoms with van der Waals surface area (Å²) in [6.07, 6.45) is 0. The second-order valence-corrected chi connectivity index (χ2v) is 5.09. The molecule has 0 saturated carbocycles. The predicted molar refractivity (Wildman–Crippen MR) is 83.7 cm³/mol. The van der Waals surface area contributed by atoms with Crippen LogP contribution in [0.25, 0.3) is 16.7 Å². The summed E-state index contributed by atoms with van der Waals surface area (Å²) in [6.45, 7) is 0. The van der Waals surface area contributed by atoms with Crippen LogP contribution in [0.5, 0.6) is 5.75 Å². The highest BCUT2D eigenvalue weighted by molar-refractivity contribution is 7.72. The van der Waals surface area contributed by atoms with Gasteiger partial charge in [-0.2, -0.15) is 0 Å². The molecule has 2 aromatic carbocycles. The zero-order chi connectivity index (χ0) is 15.0. The lowest BCUT2D eigenvalue weighted by Gasteiger charge is -2.09. The normalized spacial score (nSPS) is 10.8. The van der Waals surface area contributed by atoms with Gasteiger partial charge in [-0.3, -0.25) is 4.57 Å². The SMILES string of the molecule is COc1ccc2oc(=S)n(-c3cccc(F)c3)c(=S)c2c1. The van der Waals surface area contributed by atoms with Crippen LogP contribution < -0.4 is 4.74 Å². The number of hydrogen-bond acceptors (Lipinski definition) is 4. The molecule has 0 spiro atoms. The van der Waals surface area contributed by atoms with Gasteiger partial charge in [0, 0.05) is 0 Å². The predicted octanol–water partition coefficient (Wildman–Crippen LogP) is 4.83. The fourth-order valence-electron chi connectivity index (χ4n) is 2.07. The van der Waals surface area contributed by atoms with Crippen LogP contribution in [-0.4, -0.2) is 11.7 Å². The molecule has 106 valence electrons. The molecule has 0 amide bonds. The first-order valence-corrected chi connectivity index (χ1v) is 6.91. The second kappa shape index (κ2) is 5.38. The van der Waals surface area contributed by atoms with Gasteiger partial charge in [-0.1, -0.05) is 18.3 Å². The molecule has 0 aliphatic heterocycles. The fraction of sp³-hybridized carbons (Fsp3) is 0.0667. The molecule has 0 aliphatic rings. The summed E-state index contributed by atoms with van der Waals surface area (Å²) in [7, 11) is 1.57. The summed E-state index contributed by atoms with van der Waals surface area (Å²) in [5.41, 5.74) is 1.09. The topological polar surface area (TPSA) is 27.3 Å². The number of rotatable bonds is 2. The maximum Gasteiger partial charge on any atom is 0.274 e. The van der Waals surface area contributed by atoms with E-state index in [0.717, 1.165) is 0 Å². The largest absolute Gasteiger partial charge is 0.497 e. The second-order valence-electron chi connectivity index (χ2n) is 4.35. The van der Waals surface area contributed by atoms with E-state index in [2.05, 4.69) is 0 Å². The number of nitrogens with zero attached hydrogens (tertiary/aromatic N) is 1. The lowest BCUT2D eigenvalue weighted by atomic mass is 10.2. The Hall–Kier alpha value is -2.05. The van der Waals surface area contributed by atoms with Crippen molar-refractivity contribution < 1.29 is 13.5 Å². The van der Waals surface area contributed by atoms with Crippen molar-refractivity contribution in [2.75, 3.05) is 7.11 Å². The van der Waals surface area contributed by atoms with Gasteiger partial charge in [0.1, 0.15) is 21.8 Å². The van der Waals surface area contributed by atoms with Crippen LogP contribution in [0.3, 0.4) is 0 Å². The average Bonchev–Trinajstić information content (AvgIpc) is 2.47. The number of fused-ring (bicyclic) bond motifs is 1. The van der Waals surface area contributed by atoms with Gasteiger partial charge in [-0.25, -0.2) is 4.39 Å². The van der Waals surface area contributed by atoms with E-state index in [1.54, 1.807) is 37.4 Å². The third-order valence-electron chi connectivity index (χ3n) is 3.07. The molecule has 0 bridgehead atoms. The molecule has 21 heavy (non-hydrogen) atoms. The van der Waals surface area contributed by atoms with Crippen molar-refractivity contribution in [3.05, 3.63) is 57.8 Å². The Labute approximate surface area is 130 Å². The van der Waals surface area contributed by atoms with Crippen LogP contribution in [-0.2, 0) is 0 Å². The summed E-state index contributed by atoms with van der Waals surface area (Å²) >= 11 is 10.7. The Balaban J connectivity index is 2.38. The highest BCUT2D eigenvalue weighted by atomic mass is 32.1. The zero-order valence-electron chi connectivity index (χ0n) is 11.0. The van der Waals surface area contributed by atoms with Crippen LogP contribution in [0, 0.1) is 15.3 Å². The Morgan fingerprint density at radius 3 is 2.67 bits per heavy atom. The number of benzene rings is 2. The minimum Gasteiger partial charge on any atom is -0.497 e. The molecule has 3 aromatic rings. The molecule has 1 aromatic heterocycles. The van der Waals surface area contributed by atoms with Gasteiger partial charge in [-0.15, -0.1) is 0 Å². The molecule has 1 heterocycles. The maximum absolute atomic E-state index is 13.4. The third kappa shape index (κ3) is 2.48. The van der Waals surface area contributed by atoms with E-state index in [0.29, 0.717) is 27.0 Å². The molecule has 3 rings (SSSR count). The van der Waals surface area contributed by atoms with E-state index in [1.807, 2.05) is 0 Å². The monoisotopic (exact) mass is 319 g/mol. The quantitative estimate of drug-likeness (QED) is 0.632. The lowest BCUT2D eigenvalue weighted by Crippen LogP contribution is -2.00. The van der Waals surface area contributed by atoms with Crippen LogP contribution in [0.15, 0.2) is 46.9 Å². The Bertz CT molecular complexity index is 946. The van der Waals surface area contributed by atoms with Crippen molar-refractivity contribution in [3.63, 3.8) is 0 Å². The Morgan fingerprint density at radius 2 is 1.95 bits per heavy atom. The molecule has 6 heteroatoms. The highest BCUT2D eigenvalue weighted by Gasteiger charge is 2.08. The van der Waals surface area contributed by atoms with Gasteiger partial charge in [0.15, 0.2) is 0 Å². The van der Waals surface area contributed by atoms with Gasteiger partial charge >= 0.3 is 0 Å². The highest BCUT2D eigenvalue weighted by Crippen LogP contribution is 2.24. The number of methoxy groups -OCH3 is 1. The minimum atomic E-state index is -0.366. The van der Waals surface area contributed by atoms with Crippen LogP contribution in [0.1, 0.15) is 0 Å². The van der Waals surface area contributed by atoms with Crippen molar-refractivity contribution in [3.8, 4) is 11.4 Å². The van der Waals surface area contributed by atoms with Gasteiger partial charge in [0.05, 0.1) is 18.2 Å². The summed E-state index contributed by atoms with van der Waals surface area (Å²) < 4.78 is 26.2. The van der Waals surface area contributed by atoms with Gasteiger partial charge < -0.3 is 9.15 Å². The van der Waals surface area contributed by atoms with Gasteiger partial charge in [0.25, 0.3) is 4.84 Å². The number of halogens is 1. The molecule has 0 radical (unpaired) electrons. The summed E-state index contributed by atoms with van der Waals surface area (Å²) in [6, 6.07) is 11.3. The lowest BCUT2D eigenvalue weighted by molar-refractivity contribution is 0.415. The molecule has 3 nitrogen and oxygen atoms in total. The number of aromatic nitrogens is 1. The minimum absolute atomic E-state index is 0.170. The van der Waals surface area contributed by atoms with Gasteiger partial charge in [0.2, 0.25) is 0 Å². The summed E-state index contributed by atoms with van der Waals surface area (Å²) in [4.78, 5) is 0.170. The standard InChI is InChI=1S/C15H10FNO2S2/c1-18-11-5-6-13-12(8-11)14(20)17(15(21)19-13)10-4-2-3-9(16)7-10/h2-8H,1H3. The molecule has 0 atom stereocenters. The molecule has 0 unspecified atom stereocenters. The molecule has 0 fully saturated rings. The molecule has 0 N–H and O–H groups in total. The number of ether oxygens (including phenoxy) is 1. The van der Waals surface area contributed by atoms with E-state index >= 15 is 0 Å². The van der Waals surface area contributed by atoms with Gasteiger partial charge in [-0.05, 0) is 48.6 Å². The average molecular weight is 319 g/mol. The molecular weight excluding hydrogens is 309 g/mol. The molecule has 0 aliphatic carbocycles. The van der Waals surface area contributed by atoms with E-state index in [4.69, 9.17) is 33.6 Å². The van der Waals surface area contributed by atoms with Crippen molar-refractivity contribution in [2.24, 2.45) is 0 Å². The third-order valence-corrected chi connectivity index (χ3v) is 3.73. The Kier molecular flexibility index (Phi) is 3.57. The first-order valence-electron chi connectivity index (χ1n) is 6.10. The van der Waals surface area contributed by atoms with E-state index in [1.165, 1.54) is 16.7 Å². The number of hydrogen-bond donors (Lipinski definition) is 0. The Morgan fingerprint density at radius 1 is 1.14 bits per heavy atom. The molecule has 0 saturated heterocycles.